The molecular formula is C25H27N5O2. The van der Waals surface area contributed by atoms with Crippen molar-refractivity contribution in [3.8, 4) is 22.5 Å². The molecular weight excluding hydrogens is 402 g/mol. The fraction of sp³-hybridized carbons (Fsp3) is 0.280. The van der Waals surface area contributed by atoms with E-state index in [9.17, 15) is 9.59 Å². The number of nitrogens with one attached hydrogen (secondary N) is 1. The monoisotopic (exact) mass is 429 g/mol. The van der Waals surface area contributed by atoms with Crippen molar-refractivity contribution in [1.29, 1.82) is 0 Å². The SMILES string of the molecule is CC(C)CNC(=O)c1ccc2c(-c3ccc(=O)n(C(C)C)n3)c(-c3ccccc3)nn2c1. The molecule has 0 unspecified atom stereocenters. The second-order valence-electron chi connectivity index (χ2n) is 8.54. The van der Waals surface area contributed by atoms with E-state index >= 15 is 0 Å². The second-order valence-corrected chi connectivity index (χ2v) is 8.54. The third-order valence-corrected chi connectivity index (χ3v) is 5.18. The minimum absolute atomic E-state index is 0.0688. The Balaban J connectivity index is 1.90. The highest BCUT2D eigenvalue weighted by Gasteiger charge is 2.20. The first-order valence-corrected chi connectivity index (χ1v) is 10.8. The van der Waals surface area contributed by atoms with Crippen molar-refractivity contribution in [2.45, 2.75) is 33.7 Å². The maximum absolute atomic E-state index is 12.6. The molecule has 0 radical (unpaired) electrons. The molecule has 7 heteroatoms. The second kappa shape index (κ2) is 8.78. The molecule has 3 aromatic heterocycles. The molecule has 7 nitrogen and oxygen atoms in total. The number of hydrogen-bond acceptors (Lipinski definition) is 4. The molecule has 4 rings (SSSR count). The summed E-state index contributed by atoms with van der Waals surface area (Å²) < 4.78 is 3.19. The van der Waals surface area contributed by atoms with Gasteiger partial charge in [0, 0.05) is 24.4 Å². The molecule has 164 valence electrons. The molecule has 0 aliphatic rings. The Kier molecular flexibility index (Phi) is 5.90. The first kappa shape index (κ1) is 21.5. The normalized spacial score (nSPS) is 11.4. The Labute approximate surface area is 186 Å². The van der Waals surface area contributed by atoms with Crippen molar-refractivity contribution >= 4 is 11.4 Å². The van der Waals surface area contributed by atoms with Crippen LogP contribution in [-0.2, 0) is 0 Å². The molecule has 0 aliphatic carbocycles. The van der Waals surface area contributed by atoms with E-state index in [0.29, 0.717) is 23.7 Å². The number of fused-ring (bicyclic) bond motifs is 1. The maximum Gasteiger partial charge on any atom is 0.267 e. The Hall–Kier alpha value is -3.74. The fourth-order valence-corrected chi connectivity index (χ4v) is 3.56. The molecule has 0 atom stereocenters. The number of pyridine rings is 1. The number of nitrogens with zero attached hydrogens (tertiary/aromatic N) is 4. The smallest absolute Gasteiger partial charge is 0.267 e. The van der Waals surface area contributed by atoms with Crippen LogP contribution in [0.15, 0.2) is 65.6 Å². The van der Waals surface area contributed by atoms with Gasteiger partial charge in [0.05, 0.1) is 28.4 Å². The van der Waals surface area contributed by atoms with E-state index in [1.807, 2.05) is 50.2 Å². The predicted molar refractivity (Wildman–Crippen MR) is 126 cm³/mol. The first-order chi connectivity index (χ1) is 15.3. The van der Waals surface area contributed by atoms with Gasteiger partial charge in [0.2, 0.25) is 0 Å². The predicted octanol–water partition coefficient (Wildman–Crippen LogP) is 4.19. The van der Waals surface area contributed by atoms with Crippen LogP contribution >= 0.6 is 0 Å². The number of aromatic nitrogens is 4. The van der Waals surface area contributed by atoms with E-state index in [1.54, 1.807) is 22.8 Å². The minimum Gasteiger partial charge on any atom is -0.352 e. The van der Waals surface area contributed by atoms with E-state index in [0.717, 1.165) is 22.3 Å². The molecule has 0 saturated heterocycles. The largest absolute Gasteiger partial charge is 0.352 e. The lowest BCUT2D eigenvalue weighted by Gasteiger charge is -2.10. The van der Waals surface area contributed by atoms with E-state index in [2.05, 4.69) is 24.3 Å². The van der Waals surface area contributed by atoms with Gasteiger partial charge in [-0.1, -0.05) is 44.2 Å². The third-order valence-electron chi connectivity index (χ3n) is 5.18. The average Bonchev–Trinajstić information content (AvgIpc) is 3.17. The summed E-state index contributed by atoms with van der Waals surface area (Å²) in [4.78, 5) is 24.8. The van der Waals surface area contributed by atoms with Crippen molar-refractivity contribution in [3.05, 3.63) is 76.7 Å². The third kappa shape index (κ3) is 4.19. The van der Waals surface area contributed by atoms with Gasteiger partial charge in [-0.05, 0) is 38.0 Å². The lowest BCUT2D eigenvalue weighted by molar-refractivity contribution is 0.0948. The van der Waals surface area contributed by atoms with Crippen molar-refractivity contribution in [1.82, 2.24) is 24.7 Å². The van der Waals surface area contributed by atoms with Crippen molar-refractivity contribution < 1.29 is 4.79 Å². The van der Waals surface area contributed by atoms with Gasteiger partial charge >= 0.3 is 0 Å². The molecule has 0 spiro atoms. The molecule has 0 bridgehead atoms. The number of carbonyl (C=O) groups excluding carboxylic acids is 1. The van der Waals surface area contributed by atoms with Crippen LogP contribution in [0.25, 0.3) is 28.0 Å². The molecule has 0 saturated carbocycles. The quantitative estimate of drug-likeness (QED) is 0.498. The van der Waals surface area contributed by atoms with Gasteiger partial charge in [0.1, 0.15) is 5.69 Å². The molecule has 4 aromatic rings. The Morgan fingerprint density at radius 1 is 0.969 bits per heavy atom. The number of hydrogen-bond donors (Lipinski definition) is 1. The summed E-state index contributed by atoms with van der Waals surface area (Å²) in [5, 5.41) is 12.4. The van der Waals surface area contributed by atoms with Gasteiger partial charge in [0.25, 0.3) is 11.5 Å². The number of rotatable bonds is 6. The highest BCUT2D eigenvalue weighted by molar-refractivity contribution is 5.96. The highest BCUT2D eigenvalue weighted by Crippen LogP contribution is 2.34. The summed E-state index contributed by atoms with van der Waals surface area (Å²) in [5.74, 6) is 0.233. The van der Waals surface area contributed by atoms with Gasteiger partial charge in [-0.25, -0.2) is 9.20 Å². The van der Waals surface area contributed by atoms with Crippen molar-refractivity contribution in [2.75, 3.05) is 6.54 Å². The highest BCUT2D eigenvalue weighted by atomic mass is 16.1. The topological polar surface area (TPSA) is 81.3 Å². The zero-order valence-electron chi connectivity index (χ0n) is 18.7. The first-order valence-electron chi connectivity index (χ1n) is 10.8. The molecule has 1 N–H and O–H groups in total. The Morgan fingerprint density at radius 3 is 2.41 bits per heavy atom. The summed E-state index contributed by atoms with van der Waals surface area (Å²) >= 11 is 0. The Morgan fingerprint density at radius 2 is 1.72 bits per heavy atom. The molecule has 32 heavy (non-hydrogen) atoms. The summed E-state index contributed by atoms with van der Waals surface area (Å²) in [7, 11) is 0. The van der Waals surface area contributed by atoms with Gasteiger partial charge in [-0.15, -0.1) is 0 Å². The van der Waals surface area contributed by atoms with Crippen molar-refractivity contribution in [2.24, 2.45) is 5.92 Å². The maximum atomic E-state index is 12.6. The van der Waals surface area contributed by atoms with E-state index in [-0.39, 0.29) is 17.5 Å². The van der Waals surface area contributed by atoms with Gasteiger partial charge in [0.15, 0.2) is 0 Å². The van der Waals surface area contributed by atoms with Crippen LogP contribution in [0, 0.1) is 5.92 Å². The lowest BCUT2D eigenvalue weighted by Crippen LogP contribution is -2.27. The van der Waals surface area contributed by atoms with Crippen LogP contribution in [0.5, 0.6) is 0 Å². The molecule has 0 aliphatic heterocycles. The summed E-state index contributed by atoms with van der Waals surface area (Å²) in [6, 6.07) is 16.7. The molecule has 0 fully saturated rings. The van der Waals surface area contributed by atoms with Crippen LogP contribution in [0.4, 0.5) is 0 Å². The minimum atomic E-state index is -0.148. The summed E-state index contributed by atoms with van der Waals surface area (Å²) in [6.07, 6.45) is 1.74. The van der Waals surface area contributed by atoms with Gasteiger partial charge < -0.3 is 5.32 Å². The summed E-state index contributed by atoms with van der Waals surface area (Å²) in [5.41, 5.74) is 4.35. The fourth-order valence-electron chi connectivity index (χ4n) is 3.56. The number of carbonyl (C=O) groups is 1. The standard InChI is InChI=1S/C25H27N5O2/c1-16(2)14-26-25(32)19-10-12-21-23(20-11-13-22(31)30(27-20)17(3)4)24(28-29(21)15-19)18-8-6-5-7-9-18/h5-13,15-17H,14H2,1-4H3,(H,26,32). The van der Waals surface area contributed by atoms with Gasteiger partial charge in [-0.3, -0.25) is 9.59 Å². The van der Waals surface area contributed by atoms with Gasteiger partial charge in [-0.2, -0.15) is 10.2 Å². The molecule has 3 heterocycles. The molecule has 1 amide bonds. The van der Waals surface area contributed by atoms with Crippen LogP contribution < -0.4 is 10.9 Å². The Bertz CT molecular complexity index is 1320. The lowest BCUT2D eigenvalue weighted by atomic mass is 10.0. The number of amides is 1. The van der Waals surface area contributed by atoms with E-state index in [1.165, 1.54) is 10.7 Å². The van der Waals surface area contributed by atoms with E-state index < -0.39 is 0 Å². The van der Waals surface area contributed by atoms with Crippen LogP contribution in [0.2, 0.25) is 0 Å². The summed E-state index contributed by atoms with van der Waals surface area (Å²) in [6.45, 7) is 8.57. The zero-order chi connectivity index (χ0) is 22.8. The van der Waals surface area contributed by atoms with Crippen LogP contribution in [-0.4, -0.2) is 31.8 Å². The average molecular weight is 430 g/mol. The molecule has 1 aromatic carbocycles. The van der Waals surface area contributed by atoms with Crippen molar-refractivity contribution in [3.63, 3.8) is 0 Å². The zero-order valence-corrected chi connectivity index (χ0v) is 18.7. The van der Waals surface area contributed by atoms with Crippen LogP contribution in [0.1, 0.15) is 44.1 Å². The number of benzene rings is 1. The van der Waals surface area contributed by atoms with Crippen LogP contribution in [0.3, 0.4) is 0 Å². The van der Waals surface area contributed by atoms with E-state index in [4.69, 9.17) is 5.10 Å².